The van der Waals surface area contributed by atoms with E-state index in [2.05, 4.69) is 21.5 Å². The molecule has 0 bridgehead atoms. The van der Waals surface area contributed by atoms with Gasteiger partial charge in [-0.2, -0.15) is 5.10 Å². The minimum absolute atomic E-state index is 0.722. The largest absolute Gasteiger partial charge is 0.365 e. The molecule has 0 fully saturated rings. The lowest BCUT2D eigenvalue weighted by Gasteiger charge is -2.05. The summed E-state index contributed by atoms with van der Waals surface area (Å²) in [5.41, 5.74) is 2.21. The van der Waals surface area contributed by atoms with Crippen molar-refractivity contribution >= 4 is 5.82 Å². The van der Waals surface area contributed by atoms with Gasteiger partial charge in [0.1, 0.15) is 5.82 Å². The topological polar surface area (TPSA) is 42.7 Å². The van der Waals surface area contributed by atoms with Crippen LogP contribution in [-0.4, -0.2) is 14.8 Å². The van der Waals surface area contributed by atoms with Gasteiger partial charge in [0.2, 0.25) is 0 Å². The molecule has 0 amide bonds. The summed E-state index contributed by atoms with van der Waals surface area (Å²) in [6, 6.07) is 6.03. The van der Waals surface area contributed by atoms with Crippen LogP contribution in [0.25, 0.3) is 0 Å². The van der Waals surface area contributed by atoms with Crippen LogP contribution >= 0.6 is 0 Å². The highest BCUT2D eigenvalue weighted by atomic mass is 15.3. The molecule has 0 saturated carbocycles. The van der Waals surface area contributed by atoms with Crippen molar-refractivity contribution in [3.8, 4) is 0 Å². The molecule has 0 aromatic carbocycles. The Kier molecular flexibility index (Phi) is 2.67. The molecule has 0 aliphatic heterocycles. The first-order valence-corrected chi connectivity index (χ1v) is 4.89. The van der Waals surface area contributed by atoms with Crippen molar-refractivity contribution in [2.45, 2.75) is 13.5 Å². The SMILES string of the molecule is Cc1ccc(CNc2ccnn2C)nc1. The van der Waals surface area contributed by atoms with Crippen LogP contribution in [0.4, 0.5) is 5.82 Å². The summed E-state index contributed by atoms with van der Waals surface area (Å²) in [5, 5.41) is 7.34. The van der Waals surface area contributed by atoms with Gasteiger partial charge in [0.25, 0.3) is 0 Å². The third kappa shape index (κ3) is 2.34. The quantitative estimate of drug-likeness (QED) is 0.824. The van der Waals surface area contributed by atoms with E-state index < -0.39 is 0 Å². The molecule has 2 aromatic rings. The van der Waals surface area contributed by atoms with Gasteiger partial charge in [-0.25, -0.2) is 0 Å². The maximum Gasteiger partial charge on any atom is 0.124 e. The molecule has 0 unspecified atom stereocenters. The fraction of sp³-hybridized carbons (Fsp3) is 0.273. The fourth-order valence-corrected chi connectivity index (χ4v) is 1.33. The molecule has 2 rings (SSSR count). The second kappa shape index (κ2) is 4.13. The van der Waals surface area contributed by atoms with Gasteiger partial charge in [-0.05, 0) is 18.6 Å². The molecule has 1 N–H and O–H groups in total. The zero-order valence-corrected chi connectivity index (χ0v) is 8.94. The Hall–Kier alpha value is -1.84. The van der Waals surface area contributed by atoms with Crippen LogP contribution in [0.1, 0.15) is 11.3 Å². The van der Waals surface area contributed by atoms with Gasteiger partial charge in [-0.15, -0.1) is 0 Å². The third-order valence-electron chi connectivity index (χ3n) is 2.24. The van der Waals surface area contributed by atoms with Gasteiger partial charge in [0.05, 0.1) is 18.4 Å². The number of rotatable bonds is 3. The third-order valence-corrected chi connectivity index (χ3v) is 2.24. The zero-order chi connectivity index (χ0) is 10.7. The Morgan fingerprint density at radius 1 is 1.33 bits per heavy atom. The average molecular weight is 202 g/mol. The normalized spacial score (nSPS) is 10.3. The lowest BCUT2D eigenvalue weighted by molar-refractivity contribution is 0.767. The van der Waals surface area contributed by atoms with Crippen LogP contribution in [0, 0.1) is 6.92 Å². The van der Waals surface area contributed by atoms with Crippen molar-refractivity contribution in [2.24, 2.45) is 7.05 Å². The van der Waals surface area contributed by atoms with Gasteiger partial charge >= 0.3 is 0 Å². The van der Waals surface area contributed by atoms with Crippen LogP contribution < -0.4 is 5.32 Å². The highest BCUT2D eigenvalue weighted by Gasteiger charge is 1.98. The number of hydrogen-bond donors (Lipinski definition) is 1. The molecule has 0 aliphatic rings. The van der Waals surface area contributed by atoms with Crippen molar-refractivity contribution < 1.29 is 0 Å². The Bertz CT molecular complexity index is 430. The summed E-state index contributed by atoms with van der Waals surface area (Å²) in [5.74, 6) is 0.998. The highest BCUT2D eigenvalue weighted by molar-refractivity contribution is 5.34. The number of nitrogens with zero attached hydrogens (tertiary/aromatic N) is 3. The molecule has 4 heteroatoms. The Morgan fingerprint density at radius 2 is 2.20 bits per heavy atom. The first-order chi connectivity index (χ1) is 7.25. The number of aryl methyl sites for hydroxylation is 2. The van der Waals surface area contributed by atoms with Gasteiger partial charge in [-0.1, -0.05) is 6.07 Å². The van der Waals surface area contributed by atoms with Crippen molar-refractivity contribution in [1.82, 2.24) is 14.8 Å². The first-order valence-electron chi connectivity index (χ1n) is 4.89. The molecule has 4 nitrogen and oxygen atoms in total. The van der Waals surface area contributed by atoms with Crippen LogP contribution in [0.2, 0.25) is 0 Å². The van der Waals surface area contributed by atoms with Gasteiger partial charge in [0.15, 0.2) is 0 Å². The fourth-order valence-electron chi connectivity index (χ4n) is 1.33. The molecule has 0 spiro atoms. The molecular formula is C11H14N4. The summed E-state index contributed by atoms with van der Waals surface area (Å²) < 4.78 is 1.80. The van der Waals surface area contributed by atoms with Gasteiger partial charge < -0.3 is 5.32 Å². The van der Waals surface area contributed by atoms with E-state index in [1.165, 1.54) is 5.56 Å². The van der Waals surface area contributed by atoms with E-state index in [0.29, 0.717) is 0 Å². The van der Waals surface area contributed by atoms with E-state index in [1.807, 2.05) is 32.3 Å². The Morgan fingerprint density at radius 3 is 2.80 bits per heavy atom. The van der Waals surface area contributed by atoms with E-state index in [-0.39, 0.29) is 0 Å². The zero-order valence-electron chi connectivity index (χ0n) is 8.94. The highest BCUT2D eigenvalue weighted by Crippen LogP contribution is 2.06. The maximum absolute atomic E-state index is 4.32. The molecule has 2 aromatic heterocycles. The molecule has 15 heavy (non-hydrogen) atoms. The van der Waals surface area contributed by atoms with Gasteiger partial charge in [0, 0.05) is 19.3 Å². The van der Waals surface area contributed by atoms with E-state index >= 15 is 0 Å². The minimum atomic E-state index is 0.722. The minimum Gasteiger partial charge on any atom is -0.365 e. The number of hydrogen-bond acceptors (Lipinski definition) is 3. The van der Waals surface area contributed by atoms with Crippen LogP contribution in [-0.2, 0) is 13.6 Å². The van der Waals surface area contributed by atoms with Crippen molar-refractivity contribution in [2.75, 3.05) is 5.32 Å². The van der Waals surface area contributed by atoms with E-state index in [1.54, 1.807) is 10.9 Å². The van der Waals surface area contributed by atoms with Crippen molar-refractivity contribution in [1.29, 1.82) is 0 Å². The molecular weight excluding hydrogens is 188 g/mol. The smallest absolute Gasteiger partial charge is 0.124 e. The van der Waals surface area contributed by atoms with Crippen LogP contribution in [0.15, 0.2) is 30.6 Å². The van der Waals surface area contributed by atoms with E-state index in [0.717, 1.165) is 18.1 Å². The van der Waals surface area contributed by atoms with Crippen molar-refractivity contribution in [3.05, 3.63) is 41.9 Å². The summed E-state index contributed by atoms with van der Waals surface area (Å²) in [7, 11) is 1.91. The number of aromatic nitrogens is 3. The van der Waals surface area contributed by atoms with E-state index in [9.17, 15) is 0 Å². The van der Waals surface area contributed by atoms with Crippen LogP contribution in [0.5, 0.6) is 0 Å². The standard InChI is InChI=1S/C11H14N4/c1-9-3-4-10(12-7-9)8-13-11-5-6-14-15(11)2/h3-7,13H,8H2,1-2H3. The second-order valence-corrected chi connectivity index (χ2v) is 3.52. The van der Waals surface area contributed by atoms with Crippen LogP contribution in [0.3, 0.4) is 0 Å². The average Bonchev–Trinajstić information content (AvgIpc) is 2.63. The molecule has 78 valence electrons. The number of pyridine rings is 1. The Labute approximate surface area is 89.0 Å². The summed E-state index contributed by atoms with van der Waals surface area (Å²) in [6.07, 6.45) is 3.64. The predicted octanol–water partition coefficient (Wildman–Crippen LogP) is 1.74. The van der Waals surface area contributed by atoms with Crippen molar-refractivity contribution in [3.63, 3.8) is 0 Å². The summed E-state index contributed by atoms with van der Waals surface area (Å²) in [6.45, 7) is 2.76. The molecule has 0 aliphatic carbocycles. The second-order valence-electron chi connectivity index (χ2n) is 3.52. The predicted molar refractivity (Wildman–Crippen MR) is 59.5 cm³/mol. The van der Waals surface area contributed by atoms with E-state index in [4.69, 9.17) is 0 Å². The lowest BCUT2D eigenvalue weighted by atomic mass is 10.3. The number of anilines is 1. The summed E-state index contributed by atoms with van der Waals surface area (Å²) in [4.78, 5) is 4.32. The van der Waals surface area contributed by atoms with Gasteiger partial charge in [-0.3, -0.25) is 9.67 Å². The molecule has 0 radical (unpaired) electrons. The maximum atomic E-state index is 4.32. The molecule has 2 heterocycles. The number of nitrogens with one attached hydrogen (secondary N) is 1. The molecule has 0 saturated heterocycles. The first kappa shape index (κ1) is 9.71. The lowest BCUT2D eigenvalue weighted by Crippen LogP contribution is -2.05. The Balaban J connectivity index is 1.99. The monoisotopic (exact) mass is 202 g/mol. The molecule has 0 atom stereocenters. The summed E-state index contributed by atoms with van der Waals surface area (Å²) >= 11 is 0.